The van der Waals surface area contributed by atoms with Gasteiger partial charge < -0.3 is 15.3 Å². The molecule has 25 heavy (non-hydrogen) atoms. The molecule has 1 amide bonds. The summed E-state index contributed by atoms with van der Waals surface area (Å²) in [6.07, 6.45) is 0. The first-order valence-electron chi connectivity index (χ1n) is 8.78. The van der Waals surface area contributed by atoms with Crippen LogP contribution in [0.2, 0.25) is 0 Å². The van der Waals surface area contributed by atoms with Crippen LogP contribution in [-0.2, 0) is 13.1 Å². The normalized spacial score (nSPS) is 10.8. The topological polar surface area (TPSA) is 70.4 Å². The van der Waals surface area contributed by atoms with Gasteiger partial charge in [0.2, 0.25) is 0 Å². The fraction of sp³-hybridized carbons (Fsp3) is 0.474. The molecule has 2 aromatic rings. The number of aliphatic hydroxyl groups is 1. The molecule has 0 radical (unpaired) electrons. The fourth-order valence-electron chi connectivity index (χ4n) is 2.95. The Kier molecular flexibility index (Phi) is 6.58. The van der Waals surface area contributed by atoms with Gasteiger partial charge in [0.1, 0.15) is 0 Å². The predicted octanol–water partition coefficient (Wildman–Crippen LogP) is 2.59. The summed E-state index contributed by atoms with van der Waals surface area (Å²) in [4.78, 5) is 14.3. The van der Waals surface area contributed by atoms with Gasteiger partial charge in [0.15, 0.2) is 0 Å². The minimum atomic E-state index is 0.0526. The first kappa shape index (κ1) is 19.0. The molecule has 136 valence electrons. The average Bonchev–Trinajstić information content (AvgIpc) is 2.88. The van der Waals surface area contributed by atoms with Crippen LogP contribution in [0, 0.1) is 13.8 Å². The molecule has 1 aromatic heterocycles. The van der Waals surface area contributed by atoms with Crippen molar-refractivity contribution in [2.45, 2.75) is 40.8 Å². The molecule has 0 saturated heterocycles. The van der Waals surface area contributed by atoms with Crippen LogP contribution < -0.4 is 5.32 Å². The summed E-state index contributed by atoms with van der Waals surface area (Å²) in [5.41, 5.74) is 4.72. The first-order valence-corrected chi connectivity index (χ1v) is 8.78. The molecule has 1 aromatic carbocycles. The third-order valence-electron chi connectivity index (χ3n) is 4.47. The van der Waals surface area contributed by atoms with Crippen molar-refractivity contribution in [1.29, 1.82) is 0 Å². The maximum atomic E-state index is 12.5. The molecule has 6 heteroatoms. The van der Waals surface area contributed by atoms with Crippen molar-refractivity contribution in [3.05, 3.63) is 46.8 Å². The number of carbonyl (C=O) groups is 1. The van der Waals surface area contributed by atoms with Gasteiger partial charge in [0, 0.05) is 42.1 Å². The zero-order valence-corrected chi connectivity index (χ0v) is 15.5. The van der Waals surface area contributed by atoms with E-state index in [9.17, 15) is 4.79 Å². The minimum Gasteiger partial charge on any atom is -0.394 e. The van der Waals surface area contributed by atoms with Crippen molar-refractivity contribution in [3.63, 3.8) is 0 Å². The Bertz CT molecular complexity index is 720. The molecule has 0 aliphatic heterocycles. The second-order valence-corrected chi connectivity index (χ2v) is 6.01. The summed E-state index contributed by atoms with van der Waals surface area (Å²) in [5, 5.41) is 16.9. The Balaban J connectivity index is 2.12. The first-order chi connectivity index (χ1) is 12.0. The van der Waals surface area contributed by atoms with E-state index in [4.69, 9.17) is 5.11 Å². The van der Waals surface area contributed by atoms with E-state index >= 15 is 0 Å². The van der Waals surface area contributed by atoms with E-state index in [1.807, 2.05) is 61.5 Å². The summed E-state index contributed by atoms with van der Waals surface area (Å²) >= 11 is 0. The van der Waals surface area contributed by atoms with Gasteiger partial charge in [-0.1, -0.05) is 6.07 Å². The van der Waals surface area contributed by atoms with Gasteiger partial charge >= 0.3 is 0 Å². The maximum absolute atomic E-state index is 12.5. The third-order valence-corrected chi connectivity index (χ3v) is 4.47. The number of aromatic nitrogens is 2. The van der Waals surface area contributed by atoms with Gasteiger partial charge in [-0.2, -0.15) is 5.10 Å². The van der Waals surface area contributed by atoms with Crippen LogP contribution in [0.15, 0.2) is 24.3 Å². The van der Waals surface area contributed by atoms with Crippen molar-refractivity contribution >= 4 is 11.6 Å². The molecular weight excluding hydrogens is 316 g/mol. The Morgan fingerprint density at radius 2 is 2.00 bits per heavy atom. The van der Waals surface area contributed by atoms with Crippen molar-refractivity contribution in [2.75, 3.05) is 25.0 Å². The quantitative estimate of drug-likeness (QED) is 0.772. The monoisotopic (exact) mass is 344 g/mol. The number of rotatable bonds is 8. The van der Waals surface area contributed by atoms with Gasteiger partial charge in [-0.15, -0.1) is 0 Å². The Hall–Kier alpha value is -2.34. The van der Waals surface area contributed by atoms with Crippen molar-refractivity contribution in [3.8, 4) is 0 Å². The van der Waals surface area contributed by atoms with Gasteiger partial charge in [0.05, 0.1) is 18.8 Å². The van der Waals surface area contributed by atoms with Gasteiger partial charge in [-0.25, -0.2) is 0 Å². The summed E-state index contributed by atoms with van der Waals surface area (Å²) in [5.74, 6) is 0.0526. The fourth-order valence-corrected chi connectivity index (χ4v) is 2.95. The molecule has 0 unspecified atom stereocenters. The molecule has 0 bridgehead atoms. The standard InChI is InChI=1S/C19H28N4O2/c1-5-22(6-2)19(25)16-8-7-9-17(12-16)20-13-18-14(3)21-23(10-11-24)15(18)4/h7-9,12,20,24H,5-6,10-11,13H2,1-4H3. The van der Waals surface area contributed by atoms with E-state index in [0.29, 0.717) is 31.7 Å². The Morgan fingerprint density at radius 3 is 2.64 bits per heavy atom. The highest BCUT2D eigenvalue weighted by Crippen LogP contribution is 2.17. The van der Waals surface area contributed by atoms with Crippen molar-refractivity contribution in [2.24, 2.45) is 0 Å². The smallest absolute Gasteiger partial charge is 0.253 e. The largest absolute Gasteiger partial charge is 0.394 e. The average molecular weight is 344 g/mol. The lowest BCUT2D eigenvalue weighted by Gasteiger charge is -2.19. The van der Waals surface area contributed by atoms with Crippen molar-refractivity contribution in [1.82, 2.24) is 14.7 Å². The van der Waals surface area contributed by atoms with Crippen LogP contribution >= 0.6 is 0 Å². The number of anilines is 1. The third kappa shape index (κ3) is 4.39. The molecule has 0 spiro atoms. The van der Waals surface area contributed by atoms with Crippen LogP contribution in [0.1, 0.15) is 41.2 Å². The lowest BCUT2D eigenvalue weighted by Crippen LogP contribution is -2.30. The number of hydrogen-bond acceptors (Lipinski definition) is 4. The summed E-state index contributed by atoms with van der Waals surface area (Å²) in [6.45, 7) is 10.6. The predicted molar refractivity (Wildman–Crippen MR) is 99.8 cm³/mol. The number of hydrogen-bond donors (Lipinski definition) is 2. The molecular formula is C19H28N4O2. The summed E-state index contributed by atoms with van der Waals surface area (Å²) in [7, 11) is 0. The number of aliphatic hydroxyl groups excluding tert-OH is 1. The zero-order valence-electron chi connectivity index (χ0n) is 15.5. The summed E-state index contributed by atoms with van der Waals surface area (Å²) in [6, 6.07) is 7.60. The maximum Gasteiger partial charge on any atom is 0.253 e. The van der Waals surface area contributed by atoms with E-state index in [2.05, 4.69) is 10.4 Å². The van der Waals surface area contributed by atoms with Crippen LogP contribution in [-0.4, -0.2) is 45.4 Å². The lowest BCUT2D eigenvalue weighted by atomic mass is 10.1. The van der Waals surface area contributed by atoms with Gasteiger partial charge in [0.25, 0.3) is 5.91 Å². The number of carbonyl (C=O) groups excluding carboxylic acids is 1. The minimum absolute atomic E-state index is 0.0526. The summed E-state index contributed by atoms with van der Waals surface area (Å²) < 4.78 is 1.83. The van der Waals surface area contributed by atoms with Crippen LogP contribution in [0.25, 0.3) is 0 Å². The van der Waals surface area contributed by atoms with E-state index < -0.39 is 0 Å². The van der Waals surface area contributed by atoms with Crippen LogP contribution in [0.3, 0.4) is 0 Å². The highest BCUT2D eigenvalue weighted by atomic mass is 16.3. The molecule has 0 aliphatic rings. The number of nitrogens with zero attached hydrogens (tertiary/aromatic N) is 3. The Labute approximate surface area is 149 Å². The molecule has 0 aliphatic carbocycles. The lowest BCUT2D eigenvalue weighted by molar-refractivity contribution is 0.0773. The molecule has 1 heterocycles. The van der Waals surface area contributed by atoms with Gasteiger partial charge in [-0.05, 0) is 45.9 Å². The molecule has 2 rings (SSSR count). The van der Waals surface area contributed by atoms with Crippen LogP contribution in [0.4, 0.5) is 5.69 Å². The number of nitrogens with one attached hydrogen (secondary N) is 1. The number of benzene rings is 1. The van der Waals surface area contributed by atoms with Crippen molar-refractivity contribution < 1.29 is 9.90 Å². The number of aryl methyl sites for hydroxylation is 1. The molecule has 0 saturated carbocycles. The molecule has 0 atom stereocenters. The SMILES string of the molecule is CCN(CC)C(=O)c1cccc(NCc2c(C)nn(CCO)c2C)c1. The second kappa shape index (κ2) is 8.67. The second-order valence-electron chi connectivity index (χ2n) is 6.01. The molecule has 0 fully saturated rings. The molecule has 2 N–H and O–H groups in total. The Morgan fingerprint density at radius 1 is 1.28 bits per heavy atom. The number of amides is 1. The van der Waals surface area contributed by atoms with E-state index in [1.54, 1.807) is 0 Å². The zero-order chi connectivity index (χ0) is 18.4. The van der Waals surface area contributed by atoms with Crippen LogP contribution in [0.5, 0.6) is 0 Å². The highest BCUT2D eigenvalue weighted by molar-refractivity contribution is 5.95. The van der Waals surface area contributed by atoms with E-state index in [-0.39, 0.29) is 12.5 Å². The van der Waals surface area contributed by atoms with E-state index in [1.165, 1.54) is 0 Å². The van der Waals surface area contributed by atoms with Gasteiger partial charge in [-0.3, -0.25) is 9.48 Å². The molecule has 6 nitrogen and oxygen atoms in total. The highest BCUT2D eigenvalue weighted by Gasteiger charge is 2.14. The van der Waals surface area contributed by atoms with E-state index in [0.717, 1.165) is 22.6 Å².